The second-order valence-corrected chi connectivity index (χ2v) is 8.92. The molecule has 0 aliphatic heterocycles. The van der Waals surface area contributed by atoms with Crippen molar-refractivity contribution in [1.29, 1.82) is 0 Å². The topological polar surface area (TPSA) is 121 Å². The lowest BCUT2D eigenvalue weighted by Gasteiger charge is -2.09. The van der Waals surface area contributed by atoms with E-state index in [4.69, 9.17) is 9.84 Å². The fourth-order valence-corrected chi connectivity index (χ4v) is 3.88. The average Bonchev–Trinajstić information content (AvgIpc) is 3.38. The Labute approximate surface area is 222 Å². The number of rotatable bonds is 11. The smallest absolute Gasteiger partial charge is 0.305 e. The van der Waals surface area contributed by atoms with Crippen LogP contribution in [0.25, 0.3) is 11.3 Å². The molecule has 0 aliphatic carbocycles. The van der Waals surface area contributed by atoms with Gasteiger partial charge in [0.15, 0.2) is 0 Å². The number of amides is 1. The third-order valence-corrected chi connectivity index (χ3v) is 5.82. The Morgan fingerprint density at radius 2 is 1.72 bits per heavy atom. The molecule has 0 saturated carbocycles. The van der Waals surface area contributed by atoms with Crippen molar-refractivity contribution in [2.45, 2.75) is 26.2 Å². The van der Waals surface area contributed by atoms with Crippen LogP contribution < -0.4 is 10.1 Å². The van der Waals surface area contributed by atoms with Crippen molar-refractivity contribution in [3.05, 3.63) is 101 Å². The van der Waals surface area contributed by atoms with Crippen LogP contribution in [0.4, 0.5) is 8.78 Å². The van der Waals surface area contributed by atoms with Crippen LogP contribution in [0.15, 0.2) is 67.0 Å². The van der Waals surface area contributed by atoms with Gasteiger partial charge in [0, 0.05) is 49.5 Å². The highest BCUT2D eigenvalue weighted by Crippen LogP contribution is 2.27. The highest BCUT2D eigenvalue weighted by Gasteiger charge is 2.14. The number of aryl methyl sites for hydroxylation is 1. The Balaban J connectivity index is 1.39. The summed E-state index contributed by atoms with van der Waals surface area (Å²) < 4.78 is 34.5. The minimum atomic E-state index is -1.01. The lowest BCUT2D eigenvalue weighted by atomic mass is 10.0. The van der Waals surface area contributed by atoms with Crippen molar-refractivity contribution >= 4 is 17.7 Å². The van der Waals surface area contributed by atoms with Gasteiger partial charge in [-0.1, -0.05) is 23.8 Å². The summed E-state index contributed by atoms with van der Waals surface area (Å²) in [6, 6.07) is 13.5. The number of H-pyrrole nitrogens is 1. The van der Waals surface area contributed by atoms with Gasteiger partial charge in [-0.25, -0.2) is 8.78 Å². The Kier molecular flexibility index (Phi) is 8.45. The van der Waals surface area contributed by atoms with E-state index in [0.29, 0.717) is 17.0 Å². The summed E-state index contributed by atoms with van der Waals surface area (Å²) in [5.74, 6) is -2.29. The normalized spacial score (nSPS) is 10.7. The number of ketones is 1. The van der Waals surface area contributed by atoms with Crippen molar-refractivity contribution in [3.8, 4) is 22.8 Å². The van der Waals surface area contributed by atoms with E-state index >= 15 is 0 Å². The second kappa shape index (κ2) is 12.1. The number of carbonyl (C=O) groups is 3. The van der Waals surface area contributed by atoms with E-state index in [0.717, 1.165) is 5.56 Å². The maximum Gasteiger partial charge on any atom is 0.305 e. The molecule has 0 bridgehead atoms. The summed E-state index contributed by atoms with van der Waals surface area (Å²) in [7, 11) is 0. The summed E-state index contributed by atoms with van der Waals surface area (Å²) in [6.07, 6.45) is 2.57. The monoisotopic (exact) mass is 533 g/mol. The number of nitrogens with zero attached hydrogens (tertiary/aromatic N) is 1. The molecule has 0 radical (unpaired) electrons. The van der Waals surface area contributed by atoms with Gasteiger partial charge in [0.1, 0.15) is 34.6 Å². The third-order valence-electron chi connectivity index (χ3n) is 5.82. The molecular weight excluding hydrogens is 508 g/mol. The zero-order valence-electron chi connectivity index (χ0n) is 21.0. The van der Waals surface area contributed by atoms with Crippen molar-refractivity contribution in [2.75, 3.05) is 6.54 Å². The maximum atomic E-state index is 14.8. The van der Waals surface area contributed by atoms with Crippen LogP contribution >= 0.6 is 0 Å². The molecule has 39 heavy (non-hydrogen) atoms. The quantitative estimate of drug-likeness (QED) is 0.249. The number of carboxylic acid groups (broad SMARTS) is 1. The molecule has 0 fully saturated rings. The van der Waals surface area contributed by atoms with E-state index in [1.54, 1.807) is 43.5 Å². The summed E-state index contributed by atoms with van der Waals surface area (Å²) >= 11 is 0. The molecule has 1 amide bonds. The highest BCUT2D eigenvalue weighted by molar-refractivity contribution is 5.94. The van der Waals surface area contributed by atoms with Crippen LogP contribution in [0.2, 0.25) is 0 Å². The Hall–Kier alpha value is -4.86. The SMILES string of the molecule is Cc1ccc(F)c(CC(=O)Cc2ccc(Oc3ccnc(-c4c[nH]c(C(=O)NCCC(=O)O)c4)c3)cc2F)c1. The van der Waals surface area contributed by atoms with E-state index in [-0.39, 0.29) is 54.2 Å². The molecule has 0 aliphatic rings. The number of hydrogen-bond donors (Lipinski definition) is 3. The number of halogens is 2. The van der Waals surface area contributed by atoms with Crippen molar-refractivity contribution in [1.82, 2.24) is 15.3 Å². The molecule has 2 aromatic carbocycles. The first-order chi connectivity index (χ1) is 18.7. The minimum Gasteiger partial charge on any atom is -0.481 e. The van der Waals surface area contributed by atoms with Gasteiger partial charge < -0.3 is 20.1 Å². The molecule has 4 aromatic rings. The molecule has 10 heteroatoms. The predicted octanol–water partition coefficient (Wildman–Crippen LogP) is 5.01. The van der Waals surface area contributed by atoms with Crippen molar-refractivity contribution in [3.63, 3.8) is 0 Å². The second-order valence-electron chi connectivity index (χ2n) is 8.92. The van der Waals surface area contributed by atoms with Crippen molar-refractivity contribution < 1.29 is 33.0 Å². The molecule has 0 saturated heterocycles. The van der Waals surface area contributed by atoms with Gasteiger partial charge >= 0.3 is 5.97 Å². The maximum absolute atomic E-state index is 14.8. The number of ether oxygens (including phenoxy) is 1. The number of pyridine rings is 1. The summed E-state index contributed by atoms with van der Waals surface area (Å²) in [5, 5.41) is 11.2. The largest absolute Gasteiger partial charge is 0.481 e. The minimum absolute atomic E-state index is 0.00111. The van der Waals surface area contributed by atoms with Gasteiger partial charge in [-0.2, -0.15) is 0 Å². The van der Waals surface area contributed by atoms with Crippen LogP contribution in [-0.2, 0) is 22.4 Å². The van der Waals surface area contributed by atoms with Gasteiger partial charge in [0.05, 0.1) is 12.1 Å². The first-order valence-corrected chi connectivity index (χ1v) is 12.1. The Bertz CT molecular complexity index is 1530. The third kappa shape index (κ3) is 7.35. The lowest BCUT2D eigenvalue weighted by molar-refractivity contribution is -0.136. The summed E-state index contributed by atoms with van der Waals surface area (Å²) in [5.41, 5.74) is 2.61. The van der Waals surface area contributed by atoms with Gasteiger partial charge in [-0.15, -0.1) is 0 Å². The van der Waals surface area contributed by atoms with Gasteiger partial charge in [-0.3, -0.25) is 19.4 Å². The number of nitrogens with one attached hydrogen (secondary N) is 2. The van der Waals surface area contributed by atoms with Crippen LogP contribution in [-0.4, -0.2) is 39.3 Å². The predicted molar refractivity (Wildman–Crippen MR) is 139 cm³/mol. The zero-order valence-corrected chi connectivity index (χ0v) is 21.0. The highest BCUT2D eigenvalue weighted by atomic mass is 19.1. The molecule has 3 N–H and O–H groups in total. The Morgan fingerprint density at radius 1 is 0.949 bits per heavy atom. The van der Waals surface area contributed by atoms with E-state index in [1.165, 1.54) is 30.5 Å². The number of aromatic amines is 1. The van der Waals surface area contributed by atoms with Crippen LogP contribution in [0.5, 0.6) is 11.5 Å². The molecule has 0 atom stereocenters. The fraction of sp³-hybridized carbons (Fsp3) is 0.172. The molecule has 8 nitrogen and oxygen atoms in total. The molecule has 4 rings (SSSR count). The van der Waals surface area contributed by atoms with E-state index in [2.05, 4.69) is 15.3 Å². The molecule has 0 unspecified atom stereocenters. The summed E-state index contributed by atoms with van der Waals surface area (Å²) in [4.78, 5) is 42.3. The van der Waals surface area contributed by atoms with Crippen LogP contribution in [0.3, 0.4) is 0 Å². The van der Waals surface area contributed by atoms with E-state index < -0.39 is 23.5 Å². The first-order valence-electron chi connectivity index (χ1n) is 12.1. The van der Waals surface area contributed by atoms with Gasteiger partial charge in [0.25, 0.3) is 5.91 Å². The van der Waals surface area contributed by atoms with E-state index in [1.807, 2.05) is 0 Å². The summed E-state index contributed by atoms with van der Waals surface area (Å²) in [6.45, 7) is 1.80. The zero-order chi connectivity index (χ0) is 27.9. The standard InChI is InChI=1S/C29H25F2N3O5/c1-17-2-5-24(30)19(10-17)12-21(35)11-18-3-4-22(14-25(18)31)39-23-6-8-32-26(15-23)20-13-27(34-16-20)29(38)33-9-7-28(36)37/h2-6,8,10,13-16,34H,7,9,11-12H2,1H3,(H,33,38)(H,36,37). The van der Waals surface area contributed by atoms with Crippen LogP contribution in [0.1, 0.15) is 33.6 Å². The molecular formula is C29H25F2N3O5. The molecule has 0 spiro atoms. The number of aliphatic carboxylic acids is 1. The van der Waals surface area contributed by atoms with Crippen molar-refractivity contribution in [2.24, 2.45) is 0 Å². The molecule has 2 heterocycles. The lowest BCUT2D eigenvalue weighted by Crippen LogP contribution is -2.26. The molecule has 200 valence electrons. The van der Waals surface area contributed by atoms with Gasteiger partial charge in [0.2, 0.25) is 0 Å². The number of aromatic nitrogens is 2. The molecule has 2 aromatic heterocycles. The van der Waals surface area contributed by atoms with Crippen LogP contribution in [0, 0.1) is 18.6 Å². The van der Waals surface area contributed by atoms with E-state index in [9.17, 15) is 23.2 Å². The number of carbonyl (C=O) groups excluding carboxylic acids is 2. The number of Topliss-reactive ketones (excluding diaryl/α,β-unsaturated/α-hetero) is 1. The number of carboxylic acids is 1. The first kappa shape index (κ1) is 27.2. The fourth-order valence-electron chi connectivity index (χ4n) is 3.88. The van der Waals surface area contributed by atoms with Gasteiger partial charge in [-0.05, 0) is 42.3 Å². The average molecular weight is 534 g/mol. The number of hydrogen-bond acceptors (Lipinski definition) is 5. The Morgan fingerprint density at radius 3 is 2.49 bits per heavy atom. The number of benzene rings is 2.